The lowest BCUT2D eigenvalue weighted by Crippen LogP contribution is -3.14. The van der Waals surface area contributed by atoms with Crippen molar-refractivity contribution in [3.05, 3.63) is 24.3 Å². The van der Waals surface area contributed by atoms with E-state index in [0.717, 1.165) is 38.9 Å². The minimum Gasteiger partial charge on any atom is -0.333 e. The van der Waals surface area contributed by atoms with Crippen LogP contribution in [0, 0.1) is 0 Å². The predicted octanol–water partition coefficient (Wildman–Crippen LogP) is -0.230. The van der Waals surface area contributed by atoms with E-state index in [2.05, 4.69) is 6.92 Å². The molecule has 0 spiro atoms. The summed E-state index contributed by atoms with van der Waals surface area (Å²) in [5.41, 5.74) is 0. The molecule has 1 aromatic carbocycles. The van der Waals surface area contributed by atoms with Crippen LogP contribution < -0.4 is 4.90 Å². The first-order valence-corrected chi connectivity index (χ1v) is 12.2. The van der Waals surface area contributed by atoms with Gasteiger partial charge in [0, 0.05) is 13.1 Å². The molecule has 2 fully saturated rings. The van der Waals surface area contributed by atoms with E-state index in [-0.39, 0.29) is 9.79 Å². The van der Waals surface area contributed by atoms with Gasteiger partial charge in [-0.3, -0.25) is 0 Å². The zero-order valence-electron chi connectivity index (χ0n) is 15.2. The van der Waals surface area contributed by atoms with Gasteiger partial charge in [-0.2, -0.15) is 8.61 Å². The van der Waals surface area contributed by atoms with E-state index in [1.54, 1.807) is 0 Å². The Kier molecular flexibility index (Phi) is 6.03. The number of nitrogens with zero attached hydrogens (tertiary/aromatic N) is 2. The average Bonchev–Trinajstić information content (AvgIpc) is 3.18. The first-order valence-electron chi connectivity index (χ1n) is 9.29. The van der Waals surface area contributed by atoms with Crippen LogP contribution in [0.2, 0.25) is 0 Å². The fraction of sp³-hybridized carbons (Fsp3) is 0.647. The summed E-state index contributed by atoms with van der Waals surface area (Å²) in [6, 6.07) is 5.67. The molecule has 0 aliphatic carbocycles. The van der Waals surface area contributed by atoms with Crippen molar-refractivity contribution < 1.29 is 21.7 Å². The molecule has 146 valence electrons. The molecule has 0 bridgehead atoms. The molecular weight excluding hydrogens is 374 g/mol. The van der Waals surface area contributed by atoms with E-state index in [1.807, 2.05) is 0 Å². The van der Waals surface area contributed by atoms with Crippen molar-refractivity contribution in [1.82, 2.24) is 8.61 Å². The van der Waals surface area contributed by atoms with Crippen molar-refractivity contribution >= 4 is 20.0 Å². The lowest BCUT2D eigenvalue weighted by Gasteiger charge is -2.31. The Morgan fingerprint density at radius 1 is 0.808 bits per heavy atom. The zero-order chi connectivity index (χ0) is 18.8. The maximum Gasteiger partial charge on any atom is 0.243 e. The second-order valence-electron chi connectivity index (χ2n) is 6.99. The molecule has 7 nitrogen and oxygen atoms in total. The average molecular weight is 403 g/mol. The SMILES string of the molecule is CCC[NH+]1CCN(S(=O)(=O)c2ccc(S(=O)(=O)N3CCCC3)cc2)CC1. The van der Waals surface area contributed by atoms with E-state index in [0.29, 0.717) is 26.2 Å². The van der Waals surface area contributed by atoms with Crippen LogP contribution in [-0.4, -0.2) is 71.3 Å². The highest BCUT2D eigenvalue weighted by Gasteiger charge is 2.31. The van der Waals surface area contributed by atoms with Gasteiger partial charge in [0.2, 0.25) is 20.0 Å². The van der Waals surface area contributed by atoms with Gasteiger partial charge in [-0.15, -0.1) is 0 Å². The Balaban J connectivity index is 1.73. The summed E-state index contributed by atoms with van der Waals surface area (Å²) in [7, 11) is -7.09. The predicted molar refractivity (Wildman–Crippen MR) is 99.0 cm³/mol. The number of nitrogens with one attached hydrogen (secondary N) is 1. The maximum absolute atomic E-state index is 12.8. The van der Waals surface area contributed by atoms with E-state index in [1.165, 1.54) is 37.8 Å². The Labute approximate surface area is 156 Å². The molecule has 9 heteroatoms. The first kappa shape index (κ1) is 19.8. The van der Waals surface area contributed by atoms with Gasteiger partial charge in [0.05, 0.1) is 42.5 Å². The molecule has 0 amide bonds. The molecule has 2 saturated heterocycles. The lowest BCUT2D eigenvalue weighted by molar-refractivity contribution is -0.903. The van der Waals surface area contributed by atoms with Crippen molar-refractivity contribution in [2.45, 2.75) is 36.0 Å². The van der Waals surface area contributed by atoms with Crippen molar-refractivity contribution in [2.75, 3.05) is 45.8 Å². The van der Waals surface area contributed by atoms with Gasteiger partial charge >= 0.3 is 0 Å². The van der Waals surface area contributed by atoms with Crippen molar-refractivity contribution in [1.29, 1.82) is 0 Å². The molecule has 26 heavy (non-hydrogen) atoms. The van der Waals surface area contributed by atoms with Gasteiger partial charge in [0.1, 0.15) is 0 Å². The van der Waals surface area contributed by atoms with E-state index in [9.17, 15) is 16.8 Å². The van der Waals surface area contributed by atoms with Crippen LogP contribution in [-0.2, 0) is 20.0 Å². The van der Waals surface area contributed by atoms with Gasteiger partial charge in [-0.25, -0.2) is 16.8 Å². The van der Waals surface area contributed by atoms with Crippen molar-refractivity contribution in [3.8, 4) is 0 Å². The molecule has 0 atom stereocenters. The number of rotatable bonds is 6. The molecule has 0 aromatic heterocycles. The summed E-state index contributed by atoms with van der Waals surface area (Å²) in [5, 5.41) is 0. The van der Waals surface area contributed by atoms with Crippen LogP contribution in [0.5, 0.6) is 0 Å². The Bertz CT molecular complexity index is 808. The minimum atomic E-state index is -3.57. The Morgan fingerprint density at radius 3 is 1.65 bits per heavy atom. The van der Waals surface area contributed by atoms with E-state index < -0.39 is 20.0 Å². The van der Waals surface area contributed by atoms with Crippen LogP contribution in [0.15, 0.2) is 34.1 Å². The second-order valence-corrected chi connectivity index (χ2v) is 10.9. The van der Waals surface area contributed by atoms with Gasteiger partial charge in [0.25, 0.3) is 0 Å². The molecule has 2 aliphatic heterocycles. The smallest absolute Gasteiger partial charge is 0.243 e. The Hall–Kier alpha value is -1.00. The van der Waals surface area contributed by atoms with Crippen LogP contribution in [0.1, 0.15) is 26.2 Å². The molecule has 2 heterocycles. The van der Waals surface area contributed by atoms with Gasteiger partial charge in [-0.1, -0.05) is 6.92 Å². The quantitative estimate of drug-likeness (QED) is 0.713. The first-order chi connectivity index (χ1) is 12.4. The highest BCUT2D eigenvalue weighted by atomic mass is 32.2. The largest absolute Gasteiger partial charge is 0.333 e. The second kappa shape index (κ2) is 7.93. The summed E-state index contributed by atoms with van der Waals surface area (Å²) in [5.74, 6) is 0. The number of hydrogen-bond donors (Lipinski definition) is 1. The topological polar surface area (TPSA) is 79.2 Å². The third kappa shape index (κ3) is 3.96. The standard InChI is InChI=1S/C17H27N3O4S2/c1-2-9-18-12-14-20(15-13-18)26(23,24)17-7-5-16(6-8-17)25(21,22)19-10-3-4-11-19/h5-8H,2-4,9-15H2,1H3/p+1. The van der Waals surface area contributed by atoms with Crippen LogP contribution in [0.25, 0.3) is 0 Å². The number of hydrogen-bond acceptors (Lipinski definition) is 4. The lowest BCUT2D eigenvalue weighted by atomic mass is 10.3. The third-order valence-corrected chi connectivity index (χ3v) is 9.02. The molecule has 2 aliphatic rings. The molecular formula is C17H28N3O4S2+. The summed E-state index contributed by atoms with van der Waals surface area (Å²) < 4.78 is 53.7. The van der Waals surface area contributed by atoms with E-state index >= 15 is 0 Å². The summed E-state index contributed by atoms with van der Waals surface area (Å²) in [6.07, 6.45) is 2.84. The van der Waals surface area contributed by atoms with Crippen LogP contribution >= 0.6 is 0 Å². The van der Waals surface area contributed by atoms with Crippen LogP contribution in [0.3, 0.4) is 0 Å². The minimum absolute atomic E-state index is 0.163. The maximum atomic E-state index is 12.8. The number of quaternary nitrogens is 1. The van der Waals surface area contributed by atoms with Crippen LogP contribution in [0.4, 0.5) is 0 Å². The fourth-order valence-corrected chi connectivity index (χ4v) is 6.62. The molecule has 0 unspecified atom stereocenters. The Morgan fingerprint density at radius 2 is 1.23 bits per heavy atom. The van der Waals surface area contributed by atoms with Gasteiger partial charge in [-0.05, 0) is 43.5 Å². The number of piperazine rings is 1. The van der Waals surface area contributed by atoms with Crippen molar-refractivity contribution in [3.63, 3.8) is 0 Å². The summed E-state index contributed by atoms with van der Waals surface area (Å²) in [6.45, 7) is 6.91. The summed E-state index contributed by atoms with van der Waals surface area (Å²) >= 11 is 0. The molecule has 1 aromatic rings. The van der Waals surface area contributed by atoms with Crippen molar-refractivity contribution in [2.24, 2.45) is 0 Å². The third-order valence-electron chi connectivity index (χ3n) is 5.20. The van der Waals surface area contributed by atoms with Gasteiger partial charge < -0.3 is 4.90 Å². The van der Waals surface area contributed by atoms with Gasteiger partial charge in [0.15, 0.2) is 0 Å². The zero-order valence-corrected chi connectivity index (χ0v) is 16.9. The van der Waals surface area contributed by atoms with E-state index in [4.69, 9.17) is 0 Å². The molecule has 0 radical (unpaired) electrons. The number of benzene rings is 1. The highest BCUT2D eigenvalue weighted by Crippen LogP contribution is 2.23. The molecule has 3 rings (SSSR count). The normalized spacial score (nSPS) is 21.3. The highest BCUT2D eigenvalue weighted by molar-refractivity contribution is 7.89. The monoisotopic (exact) mass is 402 g/mol. The number of sulfonamides is 2. The fourth-order valence-electron chi connectivity index (χ4n) is 3.66. The molecule has 0 saturated carbocycles. The molecule has 1 N–H and O–H groups in total. The summed E-state index contributed by atoms with van der Waals surface area (Å²) in [4.78, 5) is 1.76.